The van der Waals surface area contributed by atoms with E-state index >= 15 is 0 Å². The molecule has 0 radical (unpaired) electrons. The number of ether oxygens (including phenoxy) is 2. The van der Waals surface area contributed by atoms with Crippen molar-refractivity contribution in [3.63, 3.8) is 0 Å². The number of fused-ring (bicyclic) bond motifs is 3. The smallest absolute Gasteiger partial charge is 0.165 e. The number of aromatic nitrogens is 1. The Balaban J connectivity index is 1.46. The Labute approximate surface area is 174 Å². The molecule has 1 aliphatic rings. The summed E-state index contributed by atoms with van der Waals surface area (Å²) in [5.41, 5.74) is 5.42. The molecule has 1 atom stereocenters. The number of halogens is 1. The highest BCUT2D eigenvalue weighted by atomic mass is 19.1. The average molecular weight is 402 g/mol. The molecule has 5 heteroatoms. The summed E-state index contributed by atoms with van der Waals surface area (Å²) in [6.07, 6.45) is 0.909. The second kappa shape index (κ2) is 7.84. The molecule has 2 heterocycles. The van der Waals surface area contributed by atoms with Crippen LogP contribution in [0, 0.1) is 5.82 Å². The van der Waals surface area contributed by atoms with Gasteiger partial charge in [0, 0.05) is 23.1 Å². The molecule has 0 fully saturated rings. The molecule has 0 amide bonds. The number of H-pyrrole nitrogens is 1. The van der Waals surface area contributed by atoms with Crippen molar-refractivity contribution < 1.29 is 13.9 Å². The summed E-state index contributed by atoms with van der Waals surface area (Å²) in [7, 11) is 1.48. The fourth-order valence-electron chi connectivity index (χ4n) is 4.18. The van der Waals surface area contributed by atoms with Gasteiger partial charge in [0.25, 0.3) is 0 Å². The molecule has 0 spiro atoms. The van der Waals surface area contributed by atoms with Gasteiger partial charge in [0.15, 0.2) is 11.6 Å². The summed E-state index contributed by atoms with van der Waals surface area (Å²) in [6, 6.07) is 21.3. The second-order valence-electron chi connectivity index (χ2n) is 7.53. The van der Waals surface area contributed by atoms with E-state index in [1.54, 1.807) is 12.1 Å². The van der Waals surface area contributed by atoms with Crippen LogP contribution in [0.2, 0.25) is 0 Å². The topological polar surface area (TPSA) is 46.3 Å². The molecule has 1 aromatic heterocycles. The van der Waals surface area contributed by atoms with Crippen LogP contribution < -0.4 is 14.8 Å². The summed E-state index contributed by atoms with van der Waals surface area (Å²) in [6.45, 7) is 1.36. The van der Waals surface area contributed by atoms with Gasteiger partial charge in [0.05, 0.1) is 13.2 Å². The van der Waals surface area contributed by atoms with E-state index in [1.807, 2.05) is 30.3 Å². The monoisotopic (exact) mass is 402 g/mol. The van der Waals surface area contributed by atoms with Crippen LogP contribution in [0.15, 0.2) is 66.7 Å². The largest absolute Gasteiger partial charge is 0.494 e. The van der Waals surface area contributed by atoms with Crippen molar-refractivity contribution in [3.05, 3.63) is 94.9 Å². The van der Waals surface area contributed by atoms with Gasteiger partial charge < -0.3 is 19.8 Å². The van der Waals surface area contributed by atoms with Gasteiger partial charge in [-0.2, -0.15) is 0 Å². The molecule has 30 heavy (non-hydrogen) atoms. The standard InChI is InChI=1S/C25H23FN2O2/c1-29-23-10-7-17(13-21(23)26)24-25-19(11-12-27-24)20-14-18(8-9-22(20)28-25)30-15-16-5-3-2-4-6-16/h2-10,13-14,24,27-28H,11-12,15H2,1H3. The zero-order chi connectivity index (χ0) is 20.5. The minimum atomic E-state index is -0.350. The van der Waals surface area contributed by atoms with Crippen molar-refractivity contribution in [1.82, 2.24) is 10.3 Å². The maximum atomic E-state index is 14.3. The molecule has 0 saturated heterocycles. The Hall–Kier alpha value is -3.31. The number of hydrogen-bond acceptors (Lipinski definition) is 3. The highest BCUT2D eigenvalue weighted by Crippen LogP contribution is 2.36. The van der Waals surface area contributed by atoms with E-state index in [4.69, 9.17) is 9.47 Å². The maximum Gasteiger partial charge on any atom is 0.165 e. The summed E-state index contributed by atoms with van der Waals surface area (Å²) in [5.74, 6) is 0.752. The predicted octanol–water partition coefficient (Wildman–Crippen LogP) is 5.13. The zero-order valence-electron chi connectivity index (χ0n) is 16.7. The van der Waals surface area contributed by atoms with Crippen molar-refractivity contribution in [1.29, 1.82) is 0 Å². The number of hydrogen-bond donors (Lipinski definition) is 2. The quantitative estimate of drug-likeness (QED) is 0.487. The van der Waals surface area contributed by atoms with Gasteiger partial charge >= 0.3 is 0 Å². The van der Waals surface area contributed by atoms with Crippen molar-refractivity contribution in [2.24, 2.45) is 0 Å². The fraction of sp³-hybridized carbons (Fsp3) is 0.200. The predicted molar refractivity (Wildman–Crippen MR) is 116 cm³/mol. The van der Waals surface area contributed by atoms with E-state index in [2.05, 4.69) is 34.6 Å². The normalized spacial score (nSPS) is 15.7. The van der Waals surface area contributed by atoms with Gasteiger partial charge in [-0.05, 0) is 53.4 Å². The molecule has 1 unspecified atom stereocenters. The molecule has 0 aliphatic carbocycles. The van der Waals surface area contributed by atoms with Crippen LogP contribution >= 0.6 is 0 Å². The van der Waals surface area contributed by atoms with Gasteiger partial charge in [-0.25, -0.2) is 4.39 Å². The second-order valence-corrected chi connectivity index (χ2v) is 7.53. The third kappa shape index (κ3) is 3.42. The van der Waals surface area contributed by atoms with E-state index < -0.39 is 0 Å². The highest BCUT2D eigenvalue weighted by molar-refractivity contribution is 5.86. The van der Waals surface area contributed by atoms with Crippen molar-refractivity contribution in [2.45, 2.75) is 19.1 Å². The summed E-state index contributed by atoms with van der Waals surface area (Å²) >= 11 is 0. The SMILES string of the molecule is COc1ccc(C2NCCc3c2[nH]c2ccc(OCc4ccccc4)cc32)cc1F. The number of methoxy groups -OCH3 is 1. The van der Waals surface area contributed by atoms with E-state index in [0.29, 0.717) is 6.61 Å². The molecule has 152 valence electrons. The lowest BCUT2D eigenvalue weighted by Crippen LogP contribution is -2.30. The van der Waals surface area contributed by atoms with Crippen LogP contribution in [-0.2, 0) is 13.0 Å². The van der Waals surface area contributed by atoms with Crippen LogP contribution in [0.4, 0.5) is 4.39 Å². The average Bonchev–Trinajstić information content (AvgIpc) is 3.16. The molecule has 0 bridgehead atoms. The third-order valence-corrected chi connectivity index (χ3v) is 5.68. The fourth-order valence-corrected chi connectivity index (χ4v) is 4.18. The Morgan fingerprint density at radius 1 is 1.03 bits per heavy atom. The van der Waals surface area contributed by atoms with E-state index in [1.165, 1.54) is 12.7 Å². The number of benzene rings is 3. The Kier molecular flexibility index (Phi) is 4.89. The first-order chi connectivity index (χ1) is 14.7. The van der Waals surface area contributed by atoms with Crippen LogP contribution in [0.3, 0.4) is 0 Å². The van der Waals surface area contributed by atoms with E-state index in [-0.39, 0.29) is 17.6 Å². The summed E-state index contributed by atoms with van der Waals surface area (Å²) in [4.78, 5) is 3.54. The zero-order valence-corrected chi connectivity index (χ0v) is 16.7. The first-order valence-electron chi connectivity index (χ1n) is 10.1. The van der Waals surface area contributed by atoms with Crippen LogP contribution in [-0.4, -0.2) is 18.6 Å². The van der Waals surface area contributed by atoms with Gasteiger partial charge in [-0.3, -0.25) is 0 Å². The van der Waals surface area contributed by atoms with Gasteiger partial charge in [0.2, 0.25) is 0 Å². The molecule has 3 aromatic carbocycles. The first-order valence-corrected chi connectivity index (χ1v) is 10.1. The lowest BCUT2D eigenvalue weighted by Gasteiger charge is -2.25. The molecule has 1 aliphatic heterocycles. The first kappa shape index (κ1) is 18.7. The molecule has 0 saturated carbocycles. The van der Waals surface area contributed by atoms with Gasteiger partial charge in [0.1, 0.15) is 12.4 Å². The minimum Gasteiger partial charge on any atom is -0.494 e. The Bertz CT molecular complexity index is 1190. The van der Waals surface area contributed by atoms with Crippen LogP contribution in [0.1, 0.15) is 28.4 Å². The van der Waals surface area contributed by atoms with E-state index in [0.717, 1.165) is 46.4 Å². The lowest BCUT2D eigenvalue weighted by molar-refractivity contribution is 0.306. The number of aromatic amines is 1. The molecular formula is C25H23FN2O2. The van der Waals surface area contributed by atoms with Crippen molar-refractivity contribution >= 4 is 10.9 Å². The Morgan fingerprint density at radius 3 is 2.70 bits per heavy atom. The number of rotatable bonds is 5. The molecular weight excluding hydrogens is 379 g/mol. The number of nitrogens with one attached hydrogen (secondary N) is 2. The van der Waals surface area contributed by atoms with Gasteiger partial charge in [-0.1, -0.05) is 36.4 Å². The maximum absolute atomic E-state index is 14.3. The minimum absolute atomic E-state index is 0.0877. The molecule has 4 aromatic rings. The molecule has 5 rings (SSSR count). The van der Waals surface area contributed by atoms with Crippen LogP contribution in [0.5, 0.6) is 11.5 Å². The summed E-state index contributed by atoms with van der Waals surface area (Å²) < 4.78 is 25.4. The highest BCUT2D eigenvalue weighted by Gasteiger charge is 2.26. The Morgan fingerprint density at radius 2 is 1.90 bits per heavy atom. The van der Waals surface area contributed by atoms with Crippen molar-refractivity contribution in [2.75, 3.05) is 13.7 Å². The lowest BCUT2D eigenvalue weighted by atomic mass is 9.94. The van der Waals surface area contributed by atoms with Crippen molar-refractivity contribution in [3.8, 4) is 11.5 Å². The van der Waals surface area contributed by atoms with Gasteiger partial charge in [-0.15, -0.1) is 0 Å². The molecule has 2 N–H and O–H groups in total. The summed E-state index contributed by atoms with van der Waals surface area (Å²) in [5, 5.41) is 4.67. The van der Waals surface area contributed by atoms with Crippen LogP contribution in [0.25, 0.3) is 10.9 Å². The third-order valence-electron chi connectivity index (χ3n) is 5.68. The van der Waals surface area contributed by atoms with E-state index in [9.17, 15) is 4.39 Å². The molecule has 4 nitrogen and oxygen atoms in total.